The average molecular weight is 2200 g/mol. The summed E-state index contributed by atoms with van der Waals surface area (Å²) in [5, 5.41) is 25.1. The molecule has 0 fully saturated rings. The number of rotatable bonds is 18. The standard InChI is InChI=1S/2C64H64N3O.2Pt/c2*1-39(2)47-35-53(40(3)4)61(68)56(36-47)62-66-60-52(48-32-49(34-51(33-48)64(10,11)12)57-37-46(29-30-65-57)43-23-21-41(5)22-24-43)19-16-20-58(60)67(62)59-31-42(6)54(44-17-14-13-15-18-44)38-55(59)45-25-27-50(28-26-45)63(7,8)9;;/h2*13-31,33-40,68H,1-12H3;;/q2*-1;;/i5D3,6D3,21D,22D,23D,24D,29D,30D,37D;5D3,6D3,21D,22D,23D,24D;;. The van der Waals surface area contributed by atoms with E-state index in [9.17, 15) is 11.6 Å². The van der Waals surface area contributed by atoms with E-state index in [1.807, 2.05) is 215 Å². The number of aromatic hydroxyl groups is 2. The fourth-order valence-electron chi connectivity index (χ4n) is 17.5. The number of fused-ring (bicyclic) bond motifs is 2. The van der Waals surface area contributed by atoms with E-state index < -0.39 is 127 Å². The molecule has 18 aromatic rings. The first-order chi connectivity index (χ1) is 74.1. The third-order valence-corrected chi connectivity index (χ3v) is 25.5. The maximum absolute atomic E-state index is 12.6. The largest absolute Gasteiger partial charge is 0.507 e. The fraction of sp³-hybridized carbons (Fsp3) is 0.250. The Morgan fingerprint density at radius 3 is 1.09 bits per heavy atom. The van der Waals surface area contributed by atoms with Crippen molar-refractivity contribution in [1.29, 1.82) is 0 Å². The summed E-state index contributed by atoms with van der Waals surface area (Å²) >= 11 is 0. The van der Waals surface area contributed by atoms with Crippen molar-refractivity contribution in [2.45, 2.75) is 211 Å². The summed E-state index contributed by atoms with van der Waals surface area (Å²) in [6.07, 6.45) is 0.895. The number of hydrogen-bond acceptors (Lipinski definition) is 6. The number of benzene rings is 14. The minimum atomic E-state index is -3.00. The van der Waals surface area contributed by atoms with Gasteiger partial charge in [-0.2, -0.15) is 0 Å². The van der Waals surface area contributed by atoms with E-state index in [4.69, 9.17) is 45.1 Å². The van der Waals surface area contributed by atoms with Crippen molar-refractivity contribution in [3.05, 3.63) is 382 Å². The third-order valence-electron chi connectivity index (χ3n) is 25.5. The second-order valence-electron chi connectivity index (χ2n) is 40.8. The van der Waals surface area contributed by atoms with Gasteiger partial charge in [-0.3, -0.25) is 19.1 Å². The van der Waals surface area contributed by atoms with Gasteiger partial charge in [-0.15, -0.1) is 58.7 Å². The van der Waals surface area contributed by atoms with E-state index >= 15 is 0 Å². The fourth-order valence-corrected chi connectivity index (χ4v) is 17.5. The van der Waals surface area contributed by atoms with Gasteiger partial charge in [0.1, 0.15) is 23.1 Å². The van der Waals surface area contributed by atoms with Crippen LogP contribution in [0.2, 0.25) is 0 Å². The van der Waals surface area contributed by atoms with Crippen LogP contribution in [0.1, 0.15) is 260 Å². The van der Waals surface area contributed by atoms with Crippen LogP contribution in [0.5, 0.6) is 11.5 Å². The summed E-state index contributed by atoms with van der Waals surface area (Å²) in [7, 11) is 0. The zero-order valence-electron chi connectivity index (χ0n) is 105. The zero-order valence-corrected chi connectivity index (χ0v) is 86.1. The molecule has 4 aromatic heterocycles. The molecule has 0 aliphatic carbocycles. The molecule has 10 heteroatoms. The Balaban J connectivity index is 0.000000235. The van der Waals surface area contributed by atoms with Crippen molar-refractivity contribution in [3.63, 3.8) is 0 Å². The molecular formula is C128H128N6O2Pt2-2. The number of aromatic nitrogens is 6. The summed E-state index contributed by atoms with van der Waals surface area (Å²) in [4.78, 5) is 20.3. The van der Waals surface area contributed by atoms with E-state index in [0.717, 1.165) is 66.8 Å². The molecule has 138 heavy (non-hydrogen) atoms. The van der Waals surface area contributed by atoms with Crippen LogP contribution in [0.15, 0.2) is 303 Å². The number of aryl methyl sites for hydroxylation is 2. The van der Waals surface area contributed by atoms with Gasteiger partial charge in [-0.05, 0) is 234 Å². The van der Waals surface area contributed by atoms with Gasteiger partial charge >= 0.3 is 0 Å². The first-order valence-electron chi connectivity index (χ1n) is 58.0. The molecule has 2 N–H and O–H groups in total. The Bertz CT molecular complexity index is 8710. The van der Waals surface area contributed by atoms with Crippen molar-refractivity contribution in [3.8, 4) is 157 Å². The van der Waals surface area contributed by atoms with Crippen LogP contribution >= 0.6 is 0 Å². The monoisotopic (exact) mass is 2190 g/mol. The van der Waals surface area contributed by atoms with Gasteiger partial charge in [0.05, 0.1) is 59.6 Å². The van der Waals surface area contributed by atoms with Crippen molar-refractivity contribution in [1.82, 2.24) is 29.1 Å². The van der Waals surface area contributed by atoms with E-state index in [0.29, 0.717) is 118 Å². The molecule has 0 saturated heterocycles. The summed E-state index contributed by atoms with van der Waals surface area (Å²) in [5.41, 5.74) is 17.4. The summed E-state index contributed by atoms with van der Waals surface area (Å²) in [6.45, 7) is 30.7. The van der Waals surface area contributed by atoms with Crippen molar-refractivity contribution < 1.29 is 83.9 Å². The van der Waals surface area contributed by atoms with Crippen LogP contribution < -0.4 is 0 Å². The van der Waals surface area contributed by atoms with Crippen molar-refractivity contribution in [2.75, 3.05) is 0 Å². The second kappa shape index (κ2) is 40.0. The van der Waals surface area contributed by atoms with Crippen molar-refractivity contribution >= 4 is 22.1 Å². The van der Waals surface area contributed by atoms with Gasteiger partial charge in [-0.25, -0.2) is 9.97 Å². The molecular weight excluding hydrogens is 2040 g/mol. The minimum absolute atomic E-state index is 0. The summed E-state index contributed by atoms with van der Waals surface area (Å²) < 4.78 is 204. The number of phenolic OH excluding ortho intramolecular Hbond substituents is 2. The summed E-state index contributed by atoms with van der Waals surface area (Å²) in [6, 6.07) is 74.0. The second-order valence-corrected chi connectivity index (χ2v) is 40.8. The van der Waals surface area contributed by atoms with Gasteiger partial charge in [0.2, 0.25) is 0 Å². The van der Waals surface area contributed by atoms with Gasteiger partial charge in [0.25, 0.3) is 0 Å². The number of hydrogen-bond donors (Lipinski definition) is 2. The predicted octanol–water partition coefficient (Wildman–Crippen LogP) is 34.8. The molecule has 0 bridgehead atoms. The number of nitrogens with zero attached hydrogens (tertiary/aromatic N) is 6. The first kappa shape index (κ1) is 73.5. The predicted molar refractivity (Wildman–Crippen MR) is 574 cm³/mol. The zero-order chi connectivity index (χ0) is 116. The molecule has 18 rings (SSSR count). The maximum atomic E-state index is 12.6. The minimum Gasteiger partial charge on any atom is -0.507 e. The average Bonchev–Trinajstić information content (AvgIpc) is 1.72. The molecule has 14 aromatic carbocycles. The van der Waals surface area contributed by atoms with Crippen LogP contribution in [0.25, 0.3) is 168 Å². The van der Waals surface area contributed by atoms with Gasteiger partial charge in [-0.1, -0.05) is 378 Å². The number of imidazole rings is 2. The third kappa shape index (κ3) is 20.6. The maximum Gasteiger partial charge on any atom is 0.148 e. The van der Waals surface area contributed by atoms with E-state index in [1.165, 1.54) is 6.20 Å². The van der Waals surface area contributed by atoms with Gasteiger partial charge < -0.3 is 10.2 Å². The quantitative estimate of drug-likeness (QED) is 0.0830. The molecule has 0 aliphatic heterocycles. The van der Waals surface area contributed by atoms with E-state index in [2.05, 4.69) is 150 Å². The Morgan fingerprint density at radius 2 is 0.710 bits per heavy atom. The van der Waals surface area contributed by atoms with Crippen LogP contribution in [-0.4, -0.2) is 39.3 Å². The number of pyridine rings is 2. The Labute approximate surface area is 880 Å². The molecule has 4 heterocycles. The number of phenols is 2. The van der Waals surface area contributed by atoms with Crippen LogP contribution in [0.4, 0.5) is 0 Å². The van der Waals surface area contributed by atoms with Gasteiger partial charge in [0, 0.05) is 93.5 Å². The molecule has 704 valence electrons. The van der Waals surface area contributed by atoms with Crippen molar-refractivity contribution in [2.24, 2.45) is 0 Å². The molecule has 0 amide bonds. The van der Waals surface area contributed by atoms with E-state index in [-0.39, 0.29) is 116 Å². The Morgan fingerprint density at radius 1 is 0.319 bits per heavy atom. The SMILES string of the molecule is [2H]c1c([2H])c(C([2H])([2H])[2H])c([2H])c([2H])c1-c1ccnc(-c2[c-]c(-c3cccc4c3nc(-c3cc(C(C)C)cc(C(C)C)c3O)n4-c3cc(C([2H])([2H])[2H])c(-c4ccccc4)cc3-c3ccc(C(C)(C)C)cc3)cc(C(C)(C)C)c2)c1.[2H]c1nc(-c2[c-]c(-c3cccc4c3nc(-c3cc(C(C)C)cc(C(C)C)c3O)n4-c3cc(C([2H])([2H])[2H])c(-c4ccccc4)cc3-c3ccc(C(C)(C)C)cc3)cc(C(C)(C)C)c2)c([2H])c(-c2c([2H])c([2H])c(C([2H])([2H])[2H])c([2H])c2[2H])c1[2H].[Pt].[Pt]. The summed E-state index contributed by atoms with van der Waals surface area (Å²) in [5.74, 6) is 0.786. The Kier molecular flexibility index (Phi) is 21.3. The molecule has 0 radical (unpaired) electrons. The molecule has 8 nitrogen and oxygen atoms in total. The normalized spacial score (nSPS) is 14.7. The molecule has 0 saturated carbocycles. The van der Waals surface area contributed by atoms with Crippen LogP contribution in [-0.2, 0) is 63.8 Å². The van der Waals surface area contributed by atoms with Crippen LogP contribution in [0, 0.1) is 39.5 Å². The first-order valence-corrected chi connectivity index (χ1v) is 46.5. The van der Waals surface area contributed by atoms with Gasteiger partial charge in [0.15, 0.2) is 0 Å². The topological polar surface area (TPSA) is 102 Å². The van der Waals surface area contributed by atoms with E-state index in [1.54, 1.807) is 30.3 Å². The van der Waals surface area contributed by atoms with Crippen LogP contribution in [0.3, 0.4) is 0 Å². The molecule has 0 spiro atoms. The smallest absolute Gasteiger partial charge is 0.148 e. The Hall–Kier alpha value is -12.7. The number of para-hydroxylation sites is 2. The molecule has 0 atom stereocenters. The molecule has 0 unspecified atom stereocenters. The molecule has 0 aliphatic rings.